The molecule has 0 N–H and O–H groups in total. The number of aliphatic imine (C=N–C) groups is 1. The van der Waals surface area contributed by atoms with Crippen LogP contribution in [0, 0.1) is 11.3 Å². The van der Waals surface area contributed by atoms with Gasteiger partial charge in [0.15, 0.2) is 0 Å². The van der Waals surface area contributed by atoms with Gasteiger partial charge in [0.25, 0.3) is 0 Å². The maximum atomic E-state index is 8.95. The molecule has 0 unspecified atom stereocenters. The summed E-state index contributed by atoms with van der Waals surface area (Å²) in [6.07, 6.45) is 8.20. The molecule has 0 radical (unpaired) electrons. The molecule has 0 heterocycles. The first-order valence-corrected chi connectivity index (χ1v) is 8.30. The Hall–Kier alpha value is -3.70. The molecule has 3 aromatic rings. The first-order valence-electron chi connectivity index (χ1n) is 8.30. The summed E-state index contributed by atoms with van der Waals surface area (Å²) in [5, 5.41) is 8.95. The van der Waals surface area contributed by atoms with Crippen LogP contribution in [0.5, 0.6) is 0 Å². The third-order valence-corrected chi connectivity index (χ3v) is 3.94. The summed E-state index contributed by atoms with van der Waals surface area (Å²) < 4.78 is 0. The standard InChI is InChI=1S/C24H18N2/c1-26-24-7-3-5-22(17-24)15-13-20-10-8-19(9-11-20)12-14-21-4-2-6-23(16-21)18-25/h2-17H,1H2. The second kappa shape index (κ2) is 8.41. The lowest BCUT2D eigenvalue weighted by atomic mass is 10.1. The maximum absolute atomic E-state index is 8.95. The zero-order chi connectivity index (χ0) is 18.2. The second-order valence-corrected chi connectivity index (χ2v) is 5.82. The van der Waals surface area contributed by atoms with Crippen molar-refractivity contribution in [3.05, 3.63) is 101 Å². The highest BCUT2D eigenvalue weighted by molar-refractivity contribution is 5.74. The lowest BCUT2D eigenvalue weighted by molar-refractivity contribution is 1.48. The third kappa shape index (κ3) is 4.66. The van der Waals surface area contributed by atoms with E-state index < -0.39 is 0 Å². The molecule has 3 rings (SSSR count). The van der Waals surface area contributed by atoms with Gasteiger partial charge in [0.1, 0.15) is 0 Å². The Balaban J connectivity index is 1.70. The Kier molecular flexibility index (Phi) is 5.54. The SMILES string of the molecule is C=Nc1cccc(C=Cc2ccc(C=Cc3cccc(C#N)c3)cc2)c1. The van der Waals surface area contributed by atoms with E-state index in [1.807, 2.05) is 54.6 Å². The quantitative estimate of drug-likeness (QED) is 0.402. The van der Waals surface area contributed by atoms with E-state index in [0.717, 1.165) is 27.9 Å². The number of rotatable bonds is 5. The average molecular weight is 334 g/mol. The number of nitriles is 1. The van der Waals surface area contributed by atoms with Crippen molar-refractivity contribution in [2.75, 3.05) is 0 Å². The van der Waals surface area contributed by atoms with Crippen molar-refractivity contribution in [1.82, 2.24) is 0 Å². The van der Waals surface area contributed by atoms with Crippen molar-refractivity contribution < 1.29 is 0 Å². The van der Waals surface area contributed by atoms with Crippen LogP contribution in [0.15, 0.2) is 77.8 Å². The van der Waals surface area contributed by atoms with E-state index >= 15 is 0 Å². The van der Waals surface area contributed by atoms with Gasteiger partial charge in [-0.3, -0.25) is 4.99 Å². The molecule has 0 aromatic heterocycles. The lowest BCUT2D eigenvalue weighted by Gasteiger charge is -1.98. The summed E-state index contributed by atoms with van der Waals surface area (Å²) in [6.45, 7) is 3.55. The molecule has 0 aliphatic rings. The number of benzene rings is 3. The van der Waals surface area contributed by atoms with Crippen LogP contribution in [0.2, 0.25) is 0 Å². The molecule has 0 spiro atoms. The van der Waals surface area contributed by atoms with Crippen LogP contribution in [0.1, 0.15) is 27.8 Å². The first-order chi connectivity index (χ1) is 12.8. The van der Waals surface area contributed by atoms with Crippen molar-refractivity contribution in [3.8, 4) is 6.07 Å². The average Bonchev–Trinajstić information content (AvgIpc) is 2.72. The van der Waals surface area contributed by atoms with Gasteiger partial charge in [-0.25, -0.2) is 0 Å². The summed E-state index contributed by atoms with van der Waals surface area (Å²) in [5.74, 6) is 0. The molecule has 0 fully saturated rings. The molecule has 124 valence electrons. The molecular formula is C24H18N2. The topological polar surface area (TPSA) is 36.1 Å². The Morgan fingerprint density at radius 2 is 1.23 bits per heavy atom. The molecule has 0 saturated carbocycles. The number of hydrogen-bond acceptors (Lipinski definition) is 2. The summed E-state index contributed by atoms with van der Waals surface area (Å²) >= 11 is 0. The van der Waals surface area contributed by atoms with Crippen LogP contribution < -0.4 is 0 Å². The molecule has 0 bridgehead atoms. The highest BCUT2D eigenvalue weighted by Gasteiger charge is 1.93. The van der Waals surface area contributed by atoms with E-state index in [2.05, 4.69) is 54.2 Å². The Bertz CT molecular complexity index is 1000. The molecule has 2 heteroatoms. The first kappa shape index (κ1) is 17.1. The van der Waals surface area contributed by atoms with Gasteiger partial charge < -0.3 is 0 Å². The minimum absolute atomic E-state index is 0.670. The lowest BCUT2D eigenvalue weighted by Crippen LogP contribution is -1.77. The molecule has 26 heavy (non-hydrogen) atoms. The largest absolute Gasteiger partial charge is 0.265 e. The number of hydrogen-bond donors (Lipinski definition) is 0. The second-order valence-electron chi connectivity index (χ2n) is 5.82. The zero-order valence-electron chi connectivity index (χ0n) is 14.3. The highest BCUT2D eigenvalue weighted by Crippen LogP contribution is 2.16. The fraction of sp³-hybridized carbons (Fsp3) is 0. The van der Waals surface area contributed by atoms with Crippen molar-refractivity contribution in [2.45, 2.75) is 0 Å². The van der Waals surface area contributed by atoms with Crippen molar-refractivity contribution in [2.24, 2.45) is 4.99 Å². The maximum Gasteiger partial charge on any atom is 0.0991 e. The molecule has 0 aliphatic carbocycles. The van der Waals surface area contributed by atoms with Crippen molar-refractivity contribution in [1.29, 1.82) is 5.26 Å². The molecule has 0 aliphatic heterocycles. The van der Waals surface area contributed by atoms with Crippen LogP contribution in [0.25, 0.3) is 24.3 Å². The van der Waals surface area contributed by atoms with Crippen LogP contribution in [0.3, 0.4) is 0 Å². The fourth-order valence-corrected chi connectivity index (χ4v) is 2.54. The highest BCUT2D eigenvalue weighted by atomic mass is 14.7. The normalized spacial score (nSPS) is 10.9. The van der Waals surface area contributed by atoms with E-state index in [1.165, 1.54) is 0 Å². The van der Waals surface area contributed by atoms with Gasteiger partial charge in [0.05, 0.1) is 17.3 Å². The Morgan fingerprint density at radius 3 is 1.81 bits per heavy atom. The van der Waals surface area contributed by atoms with Crippen molar-refractivity contribution in [3.63, 3.8) is 0 Å². The summed E-state index contributed by atoms with van der Waals surface area (Å²) in [5.41, 5.74) is 5.89. The van der Waals surface area contributed by atoms with Crippen LogP contribution >= 0.6 is 0 Å². The van der Waals surface area contributed by atoms with Gasteiger partial charge >= 0.3 is 0 Å². The van der Waals surface area contributed by atoms with Crippen molar-refractivity contribution >= 4 is 36.7 Å². The Labute approximate surface area is 154 Å². The van der Waals surface area contributed by atoms with E-state index in [-0.39, 0.29) is 0 Å². The van der Waals surface area contributed by atoms with Gasteiger partial charge in [0.2, 0.25) is 0 Å². The van der Waals surface area contributed by atoms with Crippen LogP contribution in [-0.4, -0.2) is 6.72 Å². The van der Waals surface area contributed by atoms with Gasteiger partial charge in [-0.05, 0) is 53.2 Å². The summed E-state index contributed by atoms with van der Waals surface area (Å²) in [4.78, 5) is 3.94. The minimum Gasteiger partial charge on any atom is -0.265 e. The molecule has 2 nitrogen and oxygen atoms in total. The molecular weight excluding hydrogens is 316 g/mol. The molecule has 3 aromatic carbocycles. The van der Waals surface area contributed by atoms with Gasteiger partial charge in [-0.2, -0.15) is 5.26 Å². The number of nitrogens with zero attached hydrogens (tertiary/aromatic N) is 2. The van der Waals surface area contributed by atoms with E-state index in [9.17, 15) is 0 Å². The van der Waals surface area contributed by atoms with E-state index in [4.69, 9.17) is 5.26 Å². The zero-order valence-corrected chi connectivity index (χ0v) is 14.3. The van der Waals surface area contributed by atoms with Gasteiger partial charge in [-0.1, -0.05) is 72.8 Å². The van der Waals surface area contributed by atoms with Crippen LogP contribution in [-0.2, 0) is 0 Å². The van der Waals surface area contributed by atoms with E-state index in [1.54, 1.807) is 6.07 Å². The predicted octanol–water partition coefficient (Wildman–Crippen LogP) is 6.23. The molecule has 0 amide bonds. The summed E-state index contributed by atoms with van der Waals surface area (Å²) in [7, 11) is 0. The van der Waals surface area contributed by atoms with Gasteiger partial charge in [0, 0.05) is 0 Å². The third-order valence-electron chi connectivity index (χ3n) is 3.94. The Morgan fingerprint density at radius 1 is 0.692 bits per heavy atom. The molecule has 0 saturated heterocycles. The predicted molar refractivity (Wildman–Crippen MR) is 111 cm³/mol. The smallest absolute Gasteiger partial charge is 0.0991 e. The fourth-order valence-electron chi connectivity index (χ4n) is 2.54. The molecule has 0 atom stereocenters. The van der Waals surface area contributed by atoms with Gasteiger partial charge in [-0.15, -0.1) is 0 Å². The van der Waals surface area contributed by atoms with E-state index in [0.29, 0.717) is 5.56 Å². The van der Waals surface area contributed by atoms with Crippen LogP contribution in [0.4, 0.5) is 5.69 Å². The summed E-state index contributed by atoms with van der Waals surface area (Å²) in [6, 6.07) is 26.0. The minimum atomic E-state index is 0.670. The monoisotopic (exact) mass is 334 g/mol.